The summed E-state index contributed by atoms with van der Waals surface area (Å²) >= 11 is 0. The summed E-state index contributed by atoms with van der Waals surface area (Å²) in [4.78, 5) is 10.5. The molecule has 0 aliphatic carbocycles. The van der Waals surface area contributed by atoms with Crippen LogP contribution >= 0.6 is 12.4 Å². The molecule has 0 saturated carbocycles. The molecule has 0 aromatic rings. The van der Waals surface area contributed by atoms with Gasteiger partial charge in [-0.2, -0.15) is 13.2 Å². The maximum atomic E-state index is 12.0. The molecule has 1 saturated heterocycles. The summed E-state index contributed by atoms with van der Waals surface area (Å²) in [7, 11) is 0. The summed E-state index contributed by atoms with van der Waals surface area (Å²) in [6.07, 6.45) is -4.61. The Labute approximate surface area is 91.4 Å². The summed E-state index contributed by atoms with van der Waals surface area (Å²) in [6.45, 7) is 0.345. The van der Waals surface area contributed by atoms with Crippen LogP contribution in [0.2, 0.25) is 0 Å². The van der Waals surface area contributed by atoms with Gasteiger partial charge in [0.2, 0.25) is 0 Å². The predicted octanol–water partition coefficient (Wildman–Crippen LogP) is 1.81. The fraction of sp³-hybridized carbons (Fsp3) is 0.875. The standard InChI is InChI=1S/C8H12F3NO2.ClH/c9-8(10,11)4-5-1-2-12-6(3-5)7(13)14;/h5-6,12H,1-4H2,(H,13,14);1H. The van der Waals surface area contributed by atoms with Gasteiger partial charge in [0, 0.05) is 6.42 Å². The first-order valence-electron chi connectivity index (χ1n) is 4.41. The van der Waals surface area contributed by atoms with E-state index < -0.39 is 30.5 Å². The van der Waals surface area contributed by atoms with Crippen LogP contribution in [0.5, 0.6) is 0 Å². The normalized spacial score (nSPS) is 26.9. The minimum Gasteiger partial charge on any atom is -0.480 e. The van der Waals surface area contributed by atoms with Gasteiger partial charge in [-0.15, -0.1) is 12.4 Å². The van der Waals surface area contributed by atoms with Crippen molar-refractivity contribution in [1.82, 2.24) is 5.32 Å². The van der Waals surface area contributed by atoms with Gasteiger partial charge in [-0.25, -0.2) is 0 Å². The zero-order chi connectivity index (χ0) is 10.8. The summed E-state index contributed by atoms with van der Waals surface area (Å²) in [6, 6.07) is -0.823. The van der Waals surface area contributed by atoms with Crippen molar-refractivity contribution in [3.05, 3.63) is 0 Å². The largest absolute Gasteiger partial charge is 0.480 e. The van der Waals surface area contributed by atoms with Gasteiger partial charge < -0.3 is 10.4 Å². The first-order chi connectivity index (χ1) is 6.38. The van der Waals surface area contributed by atoms with Gasteiger partial charge in [-0.1, -0.05) is 0 Å². The number of aliphatic carboxylic acids is 1. The Balaban J connectivity index is 0.00000196. The molecule has 1 heterocycles. The SMILES string of the molecule is Cl.O=C(O)C1CC(CC(F)(F)F)CCN1. The van der Waals surface area contributed by atoms with Crippen LogP contribution in [0.3, 0.4) is 0 Å². The molecule has 1 aliphatic rings. The van der Waals surface area contributed by atoms with Crippen LogP contribution in [0.15, 0.2) is 0 Å². The average molecular weight is 248 g/mol. The predicted molar refractivity (Wildman–Crippen MR) is 50.1 cm³/mol. The Hall–Kier alpha value is -0.490. The first kappa shape index (κ1) is 14.5. The highest BCUT2D eigenvalue weighted by atomic mass is 35.5. The molecule has 0 amide bonds. The summed E-state index contributed by atoms with van der Waals surface area (Å²) in [5, 5.41) is 11.3. The lowest BCUT2D eigenvalue weighted by Gasteiger charge is -2.28. The minimum atomic E-state index is -4.19. The monoisotopic (exact) mass is 247 g/mol. The summed E-state index contributed by atoms with van der Waals surface area (Å²) in [5.74, 6) is -1.63. The zero-order valence-electron chi connectivity index (χ0n) is 7.88. The summed E-state index contributed by atoms with van der Waals surface area (Å²) < 4.78 is 36.0. The smallest absolute Gasteiger partial charge is 0.389 e. The first-order valence-corrected chi connectivity index (χ1v) is 4.41. The van der Waals surface area contributed by atoms with E-state index in [0.29, 0.717) is 13.0 Å². The van der Waals surface area contributed by atoms with Crippen molar-refractivity contribution in [3.8, 4) is 0 Å². The van der Waals surface area contributed by atoms with E-state index in [4.69, 9.17) is 5.11 Å². The van der Waals surface area contributed by atoms with E-state index in [9.17, 15) is 18.0 Å². The number of hydrogen-bond acceptors (Lipinski definition) is 2. The van der Waals surface area contributed by atoms with Crippen LogP contribution in [-0.2, 0) is 4.79 Å². The van der Waals surface area contributed by atoms with Gasteiger partial charge in [0.1, 0.15) is 6.04 Å². The van der Waals surface area contributed by atoms with E-state index in [1.807, 2.05) is 0 Å². The molecule has 2 atom stereocenters. The second-order valence-corrected chi connectivity index (χ2v) is 3.55. The fourth-order valence-corrected chi connectivity index (χ4v) is 1.70. The van der Waals surface area contributed by atoms with Crippen molar-refractivity contribution in [2.45, 2.75) is 31.5 Å². The molecule has 0 aromatic carbocycles. The number of hydrogen-bond donors (Lipinski definition) is 2. The maximum Gasteiger partial charge on any atom is 0.389 e. The average Bonchev–Trinajstić information content (AvgIpc) is 2.01. The Bertz CT molecular complexity index is 222. The van der Waals surface area contributed by atoms with Gasteiger partial charge in [0.25, 0.3) is 0 Å². The topological polar surface area (TPSA) is 49.3 Å². The quantitative estimate of drug-likeness (QED) is 0.783. The number of carboxylic acids is 1. The van der Waals surface area contributed by atoms with Crippen LogP contribution in [-0.4, -0.2) is 29.8 Å². The van der Waals surface area contributed by atoms with Gasteiger partial charge >= 0.3 is 12.1 Å². The van der Waals surface area contributed by atoms with E-state index in [-0.39, 0.29) is 18.8 Å². The lowest BCUT2D eigenvalue weighted by atomic mass is 9.89. The zero-order valence-corrected chi connectivity index (χ0v) is 8.70. The number of carboxylic acid groups (broad SMARTS) is 1. The molecule has 7 heteroatoms. The molecule has 0 radical (unpaired) electrons. The van der Waals surface area contributed by atoms with Crippen molar-refractivity contribution >= 4 is 18.4 Å². The molecule has 90 valence electrons. The van der Waals surface area contributed by atoms with Crippen molar-refractivity contribution in [2.75, 3.05) is 6.54 Å². The van der Waals surface area contributed by atoms with Crippen LogP contribution in [0.1, 0.15) is 19.3 Å². The Kier molecular flexibility index (Phi) is 5.37. The molecule has 0 bridgehead atoms. The number of nitrogens with one attached hydrogen (secondary N) is 1. The number of rotatable bonds is 2. The van der Waals surface area contributed by atoms with Gasteiger partial charge in [-0.05, 0) is 25.3 Å². The highest BCUT2D eigenvalue weighted by Crippen LogP contribution is 2.30. The van der Waals surface area contributed by atoms with Crippen LogP contribution < -0.4 is 5.32 Å². The highest BCUT2D eigenvalue weighted by molar-refractivity contribution is 5.85. The third-order valence-corrected chi connectivity index (χ3v) is 2.33. The van der Waals surface area contributed by atoms with Crippen LogP contribution in [0.4, 0.5) is 13.2 Å². The Morgan fingerprint density at radius 1 is 1.47 bits per heavy atom. The second kappa shape index (κ2) is 5.55. The summed E-state index contributed by atoms with van der Waals surface area (Å²) in [5.41, 5.74) is 0. The van der Waals surface area contributed by atoms with E-state index in [1.54, 1.807) is 0 Å². The molecule has 1 aliphatic heterocycles. The third-order valence-electron chi connectivity index (χ3n) is 2.33. The molecule has 3 nitrogen and oxygen atoms in total. The number of carbonyl (C=O) groups is 1. The molecule has 15 heavy (non-hydrogen) atoms. The molecule has 2 N–H and O–H groups in total. The molecule has 0 spiro atoms. The number of halogens is 4. The van der Waals surface area contributed by atoms with Gasteiger partial charge in [0.05, 0.1) is 0 Å². The third kappa shape index (κ3) is 5.22. The highest BCUT2D eigenvalue weighted by Gasteiger charge is 2.35. The van der Waals surface area contributed by atoms with E-state index >= 15 is 0 Å². The van der Waals surface area contributed by atoms with E-state index in [0.717, 1.165) is 0 Å². The fourth-order valence-electron chi connectivity index (χ4n) is 1.70. The van der Waals surface area contributed by atoms with Crippen LogP contribution in [0.25, 0.3) is 0 Å². The van der Waals surface area contributed by atoms with E-state index in [1.165, 1.54) is 0 Å². The molecule has 1 fully saturated rings. The molecule has 2 unspecified atom stereocenters. The van der Waals surface area contributed by atoms with Crippen LogP contribution in [0, 0.1) is 5.92 Å². The lowest BCUT2D eigenvalue weighted by molar-refractivity contribution is -0.151. The molecule has 0 aromatic heterocycles. The van der Waals surface area contributed by atoms with Crippen molar-refractivity contribution in [1.29, 1.82) is 0 Å². The van der Waals surface area contributed by atoms with Crippen molar-refractivity contribution in [2.24, 2.45) is 5.92 Å². The van der Waals surface area contributed by atoms with E-state index in [2.05, 4.69) is 5.32 Å². The molecule has 1 rings (SSSR count). The lowest BCUT2D eigenvalue weighted by Crippen LogP contribution is -2.44. The van der Waals surface area contributed by atoms with Gasteiger partial charge in [0.15, 0.2) is 0 Å². The Morgan fingerprint density at radius 3 is 2.53 bits per heavy atom. The second-order valence-electron chi connectivity index (χ2n) is 3.55. The van der Waals surface area contributed by atoms with Crippen molar-refractivity contribution < 1.29 is 23.1 Å². The minimum absolute atomic E-state index is 0. The van der Waals surface area contributed by atoms with Gasteiger partial charge in [-0.3, -0.25) is 4.79 Å². The number of piperidine rings is 1. The van der Waals surface area contributed by atoms with Crippen molar-refractivity contribution in [3.63, 3.8) is 0 Å². The molecular weight excluding hydrogens is 235 g/mol. The Morgan fingerprint density at radius 2 is 2.07 bits per heavy atom. The number of alkyl halides is 3. The molecular formula is C8H13ClF3NO2. The maximum absolute atomic E-state index is 12.0.